The molecule has 0 aromatic carbocycles. The standard InChI is InChI=1S/C18H20N4O4S/c1-22-16(24)8-7-13(21-22)18(25)26-10-15(23)20-17-12(9-19)11-5-3-2-4-6-14(11)27-17/h2-8,10H2,1H3,(H,20,23). The number of amides is 2. The van der Waals surface area contributed by atoms with Gasteiger partial charge in [0, 0.05) is 24.8 Å². The summed E-state index contributed by atoms with van der Waals surface area (Å²) in [6.45, 7) is -0.469. The van der Waals surface area contributed by atoms with Crippen molar-refractivity contribution in [2.45, 2.75) is 44.9 Å². The van der Waals surface area contributed by atoms with Crippen LogP contribution < -0.4 is 5.32 Å². The van der Waals surface area contributed by atoms with Crippen LogP contribution in [-0.4, -0.2) is 42.2 Å². The third-order valence-electron chi connectivity index (χ3n) is 4.56. The van der Waals surface area contributed by atoms with Gasteiger partial charge in [-0.3, -0.25) is 9.59 Å². The average Bonchev–Trinajstić information content (AvgIpc) is 2.81. The molecule has 0 fully saturated rings. The summed E-state index contributed by atoms with van der Waals surface area (Å²) in [7, 11) is 1.46. The highest BCUT2D eigenvalue weighted by Gasteiger charge is 2.24. The number of thiophene rings is 1. The van der Waals surface area contributed by atoms with Crippen molar-refractivity contribution in [3.63, 3.8) is 0 Å². The zero-order valence-corrected chi connectivity index (χ0v) is 15.9. The summed E-state index contributed by atoms with van der Waals surface area (Å²) < 4.78 is 5.00. The lowest BCUT2D eigenvalue weighted by molar-refractivity contribution is -0.141. The van der Waals surface area contributed by atoms with Crippen molar-refractivity contribution in [2.24, 2.45) is 5.10 Å². The van der Waals surface area contributed by atoms with Crippen LogP contribution in [0.3, 0.4) is 0 Å². The number of aryl methyl sites for hydroxylation is 1. The molecule has 3 rings (SSSR count). The third-order valence-corrected chi connectivity index (χ3v) is 5.77. The van der Waals surface area contributed by atoms with Crippen LogP contribution in [0, 0.1) is 11.3 Å². The summed E-state index contributed by atoms with van der Waals surface area (Å²) >= 11 is 1.43. The zero-order chi connectivity index (χ0) is 19.4. The predicted molar refractivity (Wildman–Crippen MR) is 99.3 cm³/mol. The Morgan fingerprint density at radius 3 is 2.78 bits per heavy atom. The van der Waals surface area contributed by atoms with Gasteiger partial charge in [-0.2, -0.15) is 10.4 Å². The van der Waals surface area contributed by atoms with Gasteiger partial charge in [0.05, 0.1) is 5.56 Å². The minimum atomic E-state index is -0.716. The van der Waals surface area contributed by atoms with Gasteiger partial charge < -0.3 is 10.1 Å². The maximum Gasteiger partial charge on any atom is 0.355 e. The molecule has 0 spiro atoms. The van der Waals surface area contributed by atoms with E-state index in [1.165, 1.54) is 18.4 Å². The number of nitriles is 1. The summed E-state index contributed by atoms with van der Waals surface area (Å²) in [5.74, 6) is -1.39. The largest absolute Gasteiger partial charge is 0.451 e. The van der Waals surface area contributed by atoms with Crippen molar-refractivity contribution in [3.8, 4) is 6.07 Å². The molecule has 0 saturated carbocycles. The Morgan fingerprint density at radius 1 is 1.26 bits per heavy atom. The van der Waals surface area contributed by atoms with Gasteiger partial charge in [-0.15, -0.1) is 11.3 Å². The van der Waals surface area contributed by atoms with Gasteiger partial charge in [0.25, 0.3) is 5.91 Å². The van der Waals surface area contributed by atoms with Crippen LogP contribution in [0.1, 0.15) is 48.1 Å². The Balaban J connectivity index is 1.60. The van der Waals surface area contributed by atoms with E-state index in [2.05, 4.69) is 16.5 Å². The van der Waals surface area contributed by atoms with Gasteiger partial charge in [-0.1, -0.05) is 6.42 Å². The first-order valence-corrected chi connectivity index (χ1v) is 9.67. The molecule has 0 bridgehead atoms. The maximum absolute atomic E-state index is 12.2. The molecule has 1 aliphatic heterocycles. The van der Waals surface area contributed by atoms with Crippen LogP contribution in [0.4, 0.5) is 5.00 Å². The maximum atomic E-state index is 12.2. The number of anilines is 1. The van der Waals surface area contributed by atoms with Crippen LogP contribution in [0.5, 0.6) is 0 Å². The number of carbonyl (C=O) groups excluding carboxylic acids is 3. The van der Waals surface area contributed by atoms with Crippen LogP contribution in [0.25, 0.3) is 0 Å². The molecule has 2 aliphatic rings. The molecule has 0 unspecified atom stereocenters. The number of nitrogens with zero attached hydrogens (tertiary/aromatic N) is 3. The Hall–Kier alpha value is -2.73. The normalized spacial score (nSPS) is 16.7. The van der Waals surface area contributed by atoms with E-state index in [1.807, 2.05) is 0 Å². The molecule has 8 nitrogen and oxygen atoms in total. The lowest BCUT2D eigenvalue weighted by atomic mass is 10.1. The number of nitrogens with one attached hydrogen (secondary N) is 1. The number of ether oxygens (including phenoxy) is 1. The minimum absolute atomic E-state index is 0.116. The Kier molecular flexibility index (Phi) is 5.86. The molecule has 0 atom stereocenters. The lowest BCUT2D eigenvalue weighted by Crippen LogP contribution is -2.33. The molecular formula is C18H20N4O4S. The first kappa shape index (κ1) is 19.0. The molecule has 0 radical (unpaired) electrons. The van der Waals surface area contributed by atoms with Gasteiger partial charge >= 0.3 is 5.97 Å². The molecule has 0 saturated heterocycles. The molecule has 2 amide bonds. The molecule has 9 heteroatoms. The molecular weight excluding hydrogens is 368 g/mol. The van der Waals surface area contributed by atoms with E-state index in [0.29, 0.717) is 10.6 Å². The van der Waals surface area contributed by atoms with Gasteiger partial charge in [0.15, 0.2) is 6.61 Å². The van der Waals surface area contributed by atoms with Crippen LogP contribution >= 0.6 is 11.3 Å². The van der Waals surface area contributed by atoms with E-state index in [0.717, 1.165) is 47.6 Å². The fourth-order valence-corrected chi connectivity index (χ4v) is 4.40. The monoisotopic (exact) mass is 388 g/mol. The summed E-state index contributed by atoms with van der Waals surface area (Å²) in [5, 5.41) is 17.6. The van der Waals surface area contributed by atoms with Gasteiger partial charge in [-0.25, -0.2) is 9.80 Å². The number of hydrazone groups is 1. The Labute approximate surface area is 160 Å². The first-order chi connectivity index (χ1) is 13.0. The van der Waals surface area contributed by atoms with E-state index >= 15 is 0 Å². The molecule has 1 aromatic rings. The van der Waals surface area contributed by atoms with E-state index in [4.69, 9.17) is 4.74 Å². The second kappa shape index (κ2) is 8.31. The van der Waals surface area contributed by atoms with E-state index in [1.54, 1.807) is 0 Å². The van der Waals surface area contributed by atoms with Crippen molar-refractivity contribution in [2.75, 3.05) is 19.0 Å². The SMILES string of the molecule is CN1N=C(C(=O)OCC(=O)Nc2sc3c(c2C#N)CCCCC3)CCC1=O. The van der Waals surface area contributed by atoms with Gasteiger partial charge in [-0.05, 0) is 31.2 Å². The molecule has 27 heavy (non-hydrogen) atoms. The van der Waals surface area contributed by atoms with Crippen molar-refractivity contribution in [3.05, 3.63) is 16.0 Å². The predicted octanol–water partition coefficient (Wildman–Crippen LogP) is 1.98. The van der Waals surface area contributed by atoms with E-state index in [-0.39, 0.29) is 24.5 Å². The topological polar surface area (TPSA) is 112 Å². The number of hydrogen-bond acceptors (Lipinski definition) is 7. The summed E-state index contributed by atoms with van der Waals surface area (Å²) in [6.07, 6.45) is 5.43. The number of fused-ring (bicyclic) bond motifs is 1. The fraction of sp³-hybridized carbons (Fsp3) is 0.500. The zero-order valence-electron chi connectivity index (χ0n) is 15.0. The summed E-state index contributed by atoms with van der Waals surface area (Å²) in [4.78, 5) is 36.7. The van der Waals surface area contributed by atoms with Crippen LogP contribution in [0.2, 0.25) is 0 Å². The smallest absolute Gasteiger partial charge is 0.355 e. The number of hydrogen-bond donors (Lipinski definition) is 1. The van der Waals surface area contributed by atoms with Gasteiger partial charge in [0.1, 0.15) is 16.8 Å². The van der Waals surface area contributed by atoms with Crippen LogP contribution in [-0.2, 0) is 32.0 Å². The summed E-state index contributed by atoms with van der Waals surface area (Å²) in [5.41, 5.74) is 1.68. The molecule has 1 aromatic heterocycles. The first-order valence-electron chi connectivity index (χ1n) is 8.85. The second-order valence-corrected chi connectivity index (χ2v) is 7.57. The molecule has 1 N–H and O–H groups in total. The van der Waals surface area contributed by atoms with Crippen molar-refractivity contribution >= 4 is 39.8 Å². The highest BCUT2D eigenvalue weighted by Crippen LogP contribution is 2.36. The number of rotatable bonds is 4. The Bertz CT molecular complexity index is 852. The molecule has 1 aliphatic carbocycles. The second-order valence-electron chi connectivity index (χ2n) is 6.47. The molecule has 142 valence electrons. The third kappa shape index (κ3) is 4.34. The van der Waals surface area contributed by atoms with Crippen LogP contribution in [0.15, 0.2) is 5.10 Å². The molecule has 2 heterocycles. The van der Waals surface area contributed by atoms with Crippen molar-refractivity contribution < 1.29 is 19.1 Å². The quantitative estimate of drug-likeness (QED) is 0.626. The highest BCUT2D eigenvalue weighted by molar-refractivity contribution is 7.16. The lowest BCUT2D eigenvalue weighted by Gasteiger charge is -2.18. The van der Waals surface area contributed by atoms with Gasteiger partial charge in [0.2, 0.25) is 5.91 Å². The summed E-state index contributed by atoms with van der Waals surface area (Å²) in [6, 6.07) is 2.19. The number of carbonyl (C=O) groups is 3. The fourth-order valence-electron chi connectivity index (χ4n) is 3.14. The highest BCUT2D eigenvalue weighted by atomic mass is 32.1. The number of esters is 1. The minimum Gasteiger partial charge on any atom is -0.451 e. The van der Waals surface area contributed by atoms with Crippen molar-refractivity contribution in [1.82, 2.24) is 5.01 Å². The van der Waals surface area contributed by atoms with Crippen molar-refractivity contribution in [1.29, 1.82) is 5.26 Å². The van der Waals surface area contributed by atoms with E-state index in [9.17, 15) is 19.6 Å². The van der Waals surface area contributed by atoms with E-state index < -0.39 is 18.5 Å². The average molecular weight is 388 g/mol. The Morgan fingerprint density at radius 2 is 2.04 bits per heavy atom.